The predicted molar refractivity (Wildman–Crippen MR) is 141 cm³/mol. The summed E-state index contributed by atoms with van der Waals surface area (Å²) in [7, 11) is 0. The van der Waals surface area contributed by atoms with Crippen molar-refractivity contribution in [3.8, 4) is 0 Å². The van der Waals surface area contributed by atoms with Crippen molar-refractivity contribution in [2.24, 2.45) is 0 Å². The fourth-order valence-corrected chi connectivity index (χ4v) is 3.85. The van der Waals surface area contributed by atoms with Gasteiger partial charge in [0.15, 0.2) is 0 Å². The van der Waals surface area contributed by atoms with E-state index >= 15 is 0 Å². The van der Waals surface area contributed by atoms with Crippen LogP contribution < -0.4 is 21.7 Å². The van der Waals surface area contributed by atoms with E-state index in [1.165, 1.54) is 0 Å². The third-order valence-electron chi connectivity index (χ3n) is 5.31. The molecule has 188 valence electrons. The first kappa shape index (κ1) is 28.5. The highest BCUT2D eigenvalue weighted by atomic mass is 79.9. The van der Waals surface area contributed by atoms with Crippen LogP contribution in [0, 0.1) is 13.8 Å². The van der Waals surface area contributed by atoms with E-state index in [2.05, 4.69) is 53.6 Å². The smallest absolute Gasteiger partial charge is 0.269 e. The second kappa shape index (κ2) is 14.6. The van der Waals surface area contributed by atoms with Crippen LogP contribution in [0.5, 0.6) is 0 Å². The largest absolute Gasteiger partial charge is 0.273 e. The van der Waals surface area contributed by atoms with E-state index in [1.54, 1.807) is 24.3 Å². The van der Waals surface area contributed by atoms with Crippen molar-refractivity contribution in [1.29, 1.82) is 0 Å². The van der Waals surface area contributed by atoms with Crippen molar-refractivity contribution < 1.29 is 19.2 Å². The van der Waals surface area contributed by atoms with Crippen molar-refractivity contribution >= 4 is 55.5 Å². The molecule has 10 heteroatoms. The lowest BCUT2D eigenvalue weighted by Crippen LogP contribution is -2.41. The maximum absolute atomic E-state index is 12.1. The number of carbonyl (C=O) groups is 4. The number of amides is 4. The molecule has 4 amide bonds. The number of hydrazine groups is 2. The molecule has 0 aliphatic rings. The van der Waals surface area contributed by atoms with Crippen LogP contribution in [-0.4, -0.2) is 23.6 Å². The van der Waals surface area contributed by atoms with Gasteiger partial charge in [-0.05, 0) is 62.1 Å². The third kappa shape index (κ3) is 10.2. The number of hydrogen-bond donors (Lipinski definition) is 4. The lowest BCUT2D eigenvalue weighted by atomic mass is 10.1. The molecule has 0 aromatic heterocycles. The molecule has 2 aromatic rings. The Bertz CT molecular complexity index is 992. The Labute approximate surface area is 222 Å². The van der Waals surface area contributed by atoms with Gasteiger partial charge in [0, 0.05) is 32.9 Å². The maximum Gasteiger partial charge on any atom is 0.269 e. The van der Waals surface area contributed by atoms with Crippen molar-refractivity contribution in [2.75, 3.05) is 0 Å². The Hall–Kier alpha value is -2.72. The number of unbranched alkanes of at least 4 members (excludes halogenated alkanes) is 4. The second-order valence-electron chi connectivity index (χ2n) is 8.20. The number of benzene rings is 2. The highest BCUT2D eigenvalue weighted by Crippen LogP contribution is 2.18. The van der Waals surface area contributed by atoms with Gasteiger partial charge in [-0.1, -0.05) is 63.3 Å². The number of hydrogen-bond acceptors (Lipinski definition) is 4. The zero-order chi connectivity index (χ0) is 25.8. The minimum absolute atomic E-state index is 0.250. The Morgan fingerprint density at radius 2 is 0.971 bits per heavy atom. The molecular weight excluding hydrogens is 580 g/mol. The molecule has 4 N–H and O–H groups in total. The van der Waals surface area contributed by atoms with Gasteiger partial charge in [-0.15, -0.1) is 0 Å². The van der Waals surface area contributed by atoms with Gasteiger partial charge in [0.25, 0.3) is 11.8 Å². The molecular formula is C25H30Br2N4O4. The molecule has 0 radical (unpaired) electrons. The molecule has 2 aromatic carbocycles. The zero-order valence-corrected chi connectivity index (χ0v) is 23.0. The van der Waals surface area contributed by atoms with E-state index in [0.717, 1.165) is 39.3 Å². The van der Waals surface area contributed by atoms with Crippen molar-refractivity contribution in [3.05, 3.63) is 67.6 Å². The average molecular weight is 610 g/mol. The summed E-state index contributed by atoms with van der Waals surface area (Å²) >= 11 is 6.76. The van der Waals surface area contributed by atoms with Gasteiger partial charge >= 0.3 is 0 Å². The van der Waals surface area contributed by atoms with E-state index < -0.39 is 0 Å². The number of carbonyl (C=O) groups excluding carboxylic acids is 4. The minimum Gasteiger partial charge on any atom is -0.273 e. The van der Waals surface area contributed by atoms with E-state index in [4.69, 9.17) is 0 Å². The van der Waals surface area contributed by atoms with E-state index in [0.29, 0.717) is 36.8 Å². The minimum atomic E-state index is -0.375. The van der Waals surface area contributed by atoms with Crippen LogP contribution in [0.3, 0.4) is 0 Å². The highest BCUT2D eigenvalue weighted by Gasteiger charge is 2.10. The number of halogens is 2. The van der Waals surface area contributed by atoms with E-state index in [-0.39, 0.29) is 23.6 Å². The molecule has 0 aliphatic carbocycles. The predicted octanol–water partition coefficient (Wildman–Crippen LogP) is 4.78. The number of aryl methyl sites for hydroxylation is 2. The van der Waals surface area contributed by atoms with Gasteiger partial charge in [0.2, 0.25) is 11.8 Å². The summed E-state index contributed by atoms with van der Waals surface area (Å²) < 4.78 is 1.66. The quantitative estimate of drug-likeness (QED) is 0.229. The monoisotopic (exact) mass is 608 g/mol. The Balaban J connectivity index is 1.51. The number of rotatable bonds is 10. The average Bonchev–Trinajstić information content (AvgIpc) is 2.83. The molecule has 0 fully saturated rings. The lowest BCUT2D eigenvalue weighted by Gasteiger charge is -2.09. The summed E-state index contributed by atoms with van der Waals surface area (Å²) in [6.45, 7) is 3.85. The molecule has 0 aliphatic heterocycles. The molecule has 0 heterocycles. The van der Waals surface area contributed by atoms with Crippen LogP contribution in [0.25, 0.3) is 0 Å². The lowest BCUT2D eigenvalue weighted by molar-refractivity contribution is -0.122. The second-order valence-corrected chi connectivity index (χ2v) is 9.91. The molecule has 0 saturated carbocycles. The van der Waals surface area contributed by atoms with Gasteiger partial charge < -0.3 is 0 Å². The van der Waals surface area contributed by atoms with Gasteiger partial charge in [-0.2, -0.15) is 0 Å². The first-order valence-electron chi connectivity index (χ1n) is 11.4. The van der Waals surface area contributed by atoms with Crippen molar-refractivity contribution in [3.63, 3.8) is 0 Å². The van der Waals surface area contributed by atoms with Gasteiger partial charge in [-0.25, -0.2) is 0 Å². The summed E-state index contributed by atoms with van der Waals surface area (Å²) in [5.74, 6) is -1.25. The molecule has 35 heavy (non-hydrogen) atoms. The Kier molecular flexibility index (Phi) is 11.9. The molecule has 0 unspecified atom stereocenters. The molecule has 0 saturated heterocycles. The van der Waals surface area contributed by atoms with Gasteiger partial charge in [-0.3, -0.25) is 40.9 Å². The highest BCUT2D eigenvalue weighted by molar-refractivity contribution is 9.10. The van der Waals surface area contributed by atoms with Crippen LogP contribution in [0.4, 0.5) is 0 Å². The standard InChI is InChI=1S/C25H30Br2N4O4/c1-16-10-12-18(14-20(16)26)24(34)30-28-22(32)8-6-4-3-5-7-9-23(33)29-31-25(35)19-13-11-17(2)21(27)15-19/h10-15H,3-9H2,1-2H3,(H,28,32)(H,29,33)(H,30,34)(H,31,35). The first-order valence-corrected chi connectivity index (χ1v) is 13.0. The number of nitrogens with one attached hydrogen (secondary N) is 4. The van der Waals surface area contributed by atoms with Crippen LogP contribution in [-0.2, 0) is 9.59 Å². The van der Waals surface area contributed by atoms with Crippen LogP contribution >= 0.6 is 31.9 Å². The van der Waals surface area contributed by atoms with Crippen molar-refractivity contribution in [2.45, 2.75) is 58.8 Å². The van der Waals surface area contributed by atoms with Crippen LogP contribution in [0.1, 0.15) is 76.8 Å². The Morgan fingerprint density at radius 1 is 0.600 bits per heavy atom. The van der Waals surface area contributed by atoms with Crippen LogP contribution in [0.15, 0.2) is 45.3 Å². The van der Waals surface area contributed by atoms with Gasteiger partial charge in [0.05, 0.1) is 0 Å². The van der Waals surface area contributed by atoms with E-state index in [1.807, 2.05) is 26.0 Å². The first-order chi connectivity index (χ1) is 16.7. The van der Waals surface area contributed by atoms with Gasteiger partial charge in [0.1, 0.15) is 0 Å². The molecule has 2 rings (SSSR count). The summed E-state index contributed by atoms with van der Waals surface area (Å²) in [5.41, 5.74) is 12.6. The fourth-order valence-electron chi connectivity index (χ4n) is 3.09. The summed E-state index contributed by atoms with van der Waals surface area (Å²) in [6.07, 6.45) is 4.55. The van der Waals surface area contributed by atoms with Crippen LogP contribution in [0.2, 0.25) is 0 Å². The van der Waals surface area contributed by atoms with E-state index in [9.17, 15) is 19.2 Å². The fraction of sp³-hybridized carbons (Fsp3) is 0.360. The maximum atomic E-state index is 12.1. The molecule has 0 atom stereocenters. The molecule has 0 spiro atoms. The SMILES string of the molecule is Cc1ccc(C(=O)NNC(=O)CCCCCCCC(=O)NNC(=O)c2ccc(C)c(Br)c2)cc1Br. The normalized spacial score (nSPS) is 10.4. The summed E-state index contributed by atoms with van der Waals surface area (Å²) in [4.78, 5) is 48.0. The molecule has 0 bridgehead atoms. The third-order valence-corrected chi connectivity index (χ3v) is 7.02. The molecule has 8 nitrogen and oxygen atoms in total. The van der Waals surface area contributed by atoms with Crippen molar-refractivity contribution in [1.82, 2.24) is 21.7 Å². The zero-order valence-electron chi connectivity index (χ0n) is 19.8. The summed E-state index contributed by atoms with van der Waals surface area (Å²) in [6, 6.07) is 10.4. The Morgan fingerprint density at radius 3 is 1.34 bits per heavy atom. The topological polar surface area (TPSA) is 116 Å². The summed E-state index contributed by atoms with van der Waals surface area (Å²) in [5, 5.41) is 0.